The summed E-state index contributed by atoms with van der Waals surface area (Å²) in [6.07, 6.45) is 0. The molecule has 0 saturated heterocycles. The summed E-state index contributed by atoms with van der Waals surface area (Å²) in [5.41, 5.74) is 0. The molecule has 4 nitrogen and oxygen atoms in total. The van der Waals surface area contributed by atoms with Gasteiger partial charge in [0.05, 0.1) is 6.61 Å². The Balaban J connectivity index is 2.22. The second-order valence-electron chi connectivity index (χ2n) is 3.83. The van der Waals surface area contributed by atoms with Crippen LogP contribution in [0.25, 0.3) is 10.8 Å². The minimum absolute atomic E-state index is 0.0416. The van der Waals surface area contributed by atoms with Gasteiger partial charge >= 0.3 is 0 Å². The van der Waals surface area contributed by atoms with Crippen LogP contribution in [0.4, 0.5) is 0 Å². The van der Waals surface area contributed by atoms with Crippen LogP contribution in [0.5, 0.6) is 17.2 Å². The minimum atomic E-state index is 0.0416. The van der Waals surface area contributed by atoms with E-state index in [0.29, 0.717) is 36.3 Å². The third-order valence-corrected chi connectivity index (χ3v) is 2.66. The fraction of sp³-hybridized carbons (Fsp3) is 0.286. The molecule has 0 amide bonds. The van der Waals surface area contributed by atoms with Gasteiger partial charge in [-0.3, -0.25) is 0 Å². The molecular formula is C14H16O4. The van der Waals surface area contributed by atoms with Crippen molar-refractivity contribution in [2.45, 2.75) is 6.92 Å². The highest BCUT2D eigenvalue weighted by Crippen LogP contribution is 2.37. The van der Waals surface area contributed by atoms with Gasteiger partial charge in [0.2, 0.25) is 0 Å². The Labute approximate surface area is 105 Å². The fourth-order valence-corrected chi connectivity index (χ4v) is 1.78. The number of phenolic OH excluding ortho intramolecular Hbond substituents is 2. The van der Waals surface area contributed by atoms with Gasteiger partial charge in [-0.05, 0) is 25.1 Å². The first-order valence-electron chi connectivity index (χ1n) is 5.88. The van der Waals surface area contributed by atoms with Gasteiger partial charge in [-0.2, -0.15) is 0 Å². The van der Waals surface area contributed by atoms with Crippen LogP contribution in [0.2, 0.25) is 0 Å². The summed E-state index contributed by atoms with van der Waals surface area (Å²) < 4.78 is 10.6. The zero-order valence-corrected chi connectivity index (χ0v) is 10.2. The summed E-state index contributed by atoms with van der Waals surface area (Å²) >= 11 is 0. The van der Waals surface area contributed by atoms with Crippen LogP contribution in [0.15, 0.2) is 30.3 Å². The number of rotatable bonds is 5. The highest BCUT2D eigenvalue weighted by Gasteiger charge is 2.09. The molecule has 2 N–H and O–H groups in total. The zero-order valence-electron chi connectivity index (χ0n) is 10.2. The number of benzene rings is 2. The molecule has 96 valence electrons. The Morgan fingerprint density at radius 2 is 1.83 bits per heavy atom. The molecule has 0 unspecified atom stereocenters. The van der Waals surface area contributed by atoms with Crippen molar-refractivity contribution in [3.05, 3.63) is 30.3 Å². The van der Waals surface area contributed by atoms with Crippen LogP contribution in [-0.2, 0) is 4.74 Å². The van der Waals surface area contributed by atoms with Crippen LogP contribution in [0.3, 0.4) is 0 Å². The molecule has 0 aliphatic heterocycles. The fourth-order valence-electron chi connectivity index (χ4n) is 1.78. The molecule has 4 heteroatoms. The number of phenols is 2. The average molecular weight is 248 g/mol. The van der Waals surface area contributed by atoms with Gasteiger partial charge in [0.25, 0.3) is 0 Å². The predicted molar refractivity (Wildman–Crippen MR) is 69.3 cm³/mol. The second-order valence-corrected chi connectivity index (χ2v) is 3.83. The number of ether oxygens (including phenoxy) is 2. The maximum absolute atomic E-state index is 10.1. The van der Waals surface area contributed by atoms with E-state index < -0.39 is 0 Å². The monoisotopic (exact) mass is 248 g/mol. The molecular weight excluding hydrogens is 232 g/mol. The molecule has 0 saturated carbocycles. The lowest BCUT2D eigenvalue weighted by atomic mass is 10.1. The van der Waals surface area contributed by atoms with Crippen LogP contribution in [-0.4, -0.2) is 30.0 Å². The summed E-state index contributed by atoms with van der Waals surface area (Å²) in [5, 5.41) is 20.9. The molecule has 0 heterocycles. The second kappa shape index (κ2) is 5.60. The van der Waals surface area contributed by atoms with E-state index in [2.05, 4.69) is 0 Å². The zero-order chi connectivity index (χ0) is 13.0. The maximum Gasteiger partial charge on any atom is 0.165 e. The Hall–Kier alpha value is -1.94. The molecule has 2 aromatic carbocycles. The van der Waals surface area contributed by atoms with Gasteiger partial charge in [-0.1, -0.05) is 12.1 Å². The maximum atomic E-state index is 10.1. The van der Waals surface area contributed by atoms with E-state index in [1.165, 1.54) is 0 Å². The minimum Gasteiger partial charge on any atom is -0.507 e. The predicted octanol–water partition coefficient (Wildman–Crippen LogP) is 2.67. The first kappa shape index (κ1) is 12.5. The molecule has 0 atom stereocenters. The van der Waals surface area contributed by atoms with E-state index >= 15 is 0 Å². The van der Waals surface area contributed by atoms with Crippen LogP contribution >= 0.6 is 0 Å². The number of aromatic hydroxyl groups is 2. The summed E-state index contributed by atoms with van der Waals surface area (Å²) in [6, 6.07) is 8.36. The van der Waals surface area contributed by atoms with E-state index in [1.54, 1.807) is 30.3 Å². The summed E-state index contributed by atoms with van der Waals surface area (Å²) in [7, 11) is 0. The van der Waals surface area contributed by atoms with Crippen LogP contribution in [0.1, 0.15) is 6.92 Å². The smallest absolute Gasteiger partial charge is 0.165 e. The third kappa shape index (κ3) is 2.49. The first-order chi connectivity index (χ1) is 8.74. The van der Waals surface area contributed by atoms with Gasteiger partial charge in [0.1, 0.15) is 12.4 Å². The lowest BCUT2D eigenvalue weighted by molar-refractivity contribution is 0.109. The molecule has 0 radical (unpaired) electrons. The summed E-state index contributed by atoms with van der Waals surface area (Å²) in [5.74, 6) is 0.580. The lowest BCUT2D eigenvalue weighted by Gasteiger charge is -2.10. The van der Waals surface area contributed by atoms with E-state index in [-0.39, 0.29) is 11.5 Å². The van der Waals surface area contributed by atoms with E-state index in [9.17, 15) is 10.2 Å². The van der Waals surface area contributed by atoms with Gasteiger partial charge in [0, 0.05) is 17.4 Å². The van der Waals surface area contributed by atoms with Gasteiger partial charge in [-0.25, -0.2) is 0 Å². The molecule has 0 aliphatic carbocycles. The number of hydrogen-bond acceptors (Lipinski definition) is 4. The molecule has 0 aromatic heterocycles. The van der Waals surface area contributed by atoms with Crippen molar-refractivity contribution >= 4 is 10.8 Å². The first-order valence-corrected chi connectivity index (χ1v) is 5.88. The molecule has 0 bridgehead atoms. The van der Waals surface area contributed by atoms with Crippen molar-refractivity contribution in [3.63, 3.8) is 0 Å². The van der Waals surface area contributed by atoms with Gasteiger partial charge in [0.15, 0.2) is 11.5 Å². The van der Waals surface area contributed by atoms with Gasteiger partial charge in [-0.15, -0.1) is 0 Å². The summed E-state index contributed by atoms with van der Waals surface area (Å²) in [6.45, 7) is 3.41. The van der Waals surface area contributed by atoms with Gasteiger partial charge < -0.3 is 19.7 Å². The highest BCUT2D eigenvalue weighted by molar-refractivity contribution is 5.94. The molecule has 18 heavy (non-hydrogen) atoms. The Morgan fingerprint density at radius 1 is 1.00 bits per heavy atom. The molecule has 0 spiro atoms. The normalized spacial score (nSPS) is 10.7. The standard InChI is InChI=1S/C14H16O4/c1-2-17-8-9-18-13-7-6-10-11(14(13)16)4-3-5-12(10)15/h3-7,15-16H,2,8-9H2,1H3. The van der Waals surface area contributed by atoms with Crippen molar-refractivity contribution in [3.8, 4) is 17.2 Å². The summed E-state index contributed by atoms with van der Waals surface area (Å²) in [4.78, 5) is 0. The number of fused-ring (bicyclic) bond motifs is 1. The SMILES string of the molecule is CCOCCOc1ccc2c(O)cccc2c1O. The van der Waals surface area contributed by atoms with E-state index in [0.717, 1.165) is 0 Å². The molecule has 2 aromatic rings. The lowest BCUT2D eigenvalue weighted by Crippen LogP contribution is -2.06. The quantitative estimate of drug-likeness (QED) is 0.799. The Bertz CT molecular complexity index is 537. The van der Waals surface area contributed by atoms with Crippen LogP contribution < -0.4 is 4.74 Å². The molecule has 0 aliphatic rings. The van der Waals surface area contributed by atoms with Crippen molar-refractivity contribution in [1.82, 2.24) is 0 Å². The van der Waals surface area contributed by atoms with Crippen molar-refractivity contribution in [2.75, 3.05) is 19.8 Å². The third-order valence-electron chi connectivity index (χ3n) is 2.66. The van der Waals surface area contributed by atoms with Crippen molar-refractivity contribution in [1.29, 1.82) is 0 Å². The van der Waals surface area contributed by atoms with Crippen molar-refractivity contribution in [2.24, 2.45) is 0 Å². The van der Waals surface area contributed by atoms with Crippen LogP contribution in [0, 0.1) is 0 Å². The average Bonchev–Trinajstić information content (AvgIpc) is 2.38. The van der Waals surface area contributed by atoms with E-state index in [4.69, 9.17) is 9.47 Å². The van der Waals surface area contributed by atoms with Crippen molar-refractivity contribution < 1.29 is 19.7 Å². The molecule has 2 rings (SSSR count). The molecule has 0 fully saturated rings. The Morgan fingerprint density at radius 3 is 2.61 bits per heavy atom. The highest BCUT2D eigenvalue weighted by atomic mass is 16.5. The largest absolute Gasteiger partial charge is 0.507 e. The topological polar surface area (TPSA) is 58.9 Å². The van der Waals surface area contributed by atoms with E-state index in [1.807, 2.05) is 6.92 Å². The number of hydrogen-bond donors (Lipinski definition) is 2. The Kier molecular flexibility index (Phi) is 3.89.